The molecule has 0 radical (unpaired) electrons. The summed E-state index contributed by atoms with van der Waals surface area (Å²) in [5.41, 5.74) is 6.37. The fourth-order valence-electron chi connectivity index (χ4n) is 1.27. The van der Waals surface area contributed by atoms with Gasteiger partial charge in [0.2, 0.25) is 5.91 Å². The van der Waals surface area contributed by atoms with Gasteiger partial charge in [0.05, 0.1) is 6.42 Å². The molecule has 1 atom stereocenters. The highest BCUT2D eigenvalue weighted by atomic mass is 16.4. The van der Waals surface area contributed by atoms with Gasteiger partial charge in [0.1, 0.15) is 6.04 Å². The van der Waals surface area contributed by atoms with Crippen LogP contribution in [0.4, 0.5) is 0 Å². The van der Waals surface area contributed by atoms with Crippen molar-refractivity contribution in [2.24, 2.45) is 10.7 Å². The van der Waals surface area contributed by atoms with Crippen molar-refractivity contribution < 1.29 is 14.7 Å². The fourth-order valence-corrected chi connectivity index (χ4v) is 1.27. The van der Waals surface area contributed by atoms with Crippen LogP contribution in [-0.4, -0.2) is 35.8 Å². The van der Waals surface area contributed by atoms with E-state index in [1.807, 2.05) is 0 Å². The van der Waals surface area contributed by atoms with Gasteiger partial charge in [-0.25, -0.2) is 0 Å². The molecule has 0 aromatic carbocycles. The number of carbonyl (C=O) groups is 2. The number of nitrogens with two attached hydrogens (primary N) is 1. The maximum atomic E-state index is 11.2. The average Bonchev–Trinajstić information content (AvgIpc) is 2.70. The van der Waals surface area contributed by atoms with E-state index in [1.165, 1.54) is 0 Å². The first kappa shape index (κ1) is 12.4. The predicted molar refractivity (Wildman–Crippen MR) is 59.0 cm³/mol. The molecule has 88 valence electrons. The number of aliphatic imine (C=N–C) groups is 1. The van der Waals surface area contributed by atoms with Crippen LogP contribution in [0.1, 0.15) is 19.3 Å². The number of carboxylic acids is 1. The summed E-state index contributed by atoms with van der Waals surface area (Å²) in [6.45, 7) is 0.486. The van der Waals surface area contributed by atoms with Crippen LogP contribution in [0.15, 0.2) is 16.8 Å². The zero-order valence-corrected chi connectivity index (χ0v) is 8.85. The summed E-state index contributed by atoms with van der Waals surface area (Å²) in [7, 11) is 0. The number of hydrogen-bond donors (Lipinski definition) is 3. The van der Waals surface area contributed by atoms with Crippen LogP contribution in [0.5, 0.6) is 0 Å². The lowest BCUT2D eigenvalue weighted by molar-refractivity contribution is -0.140. The summed E-state index contributed by atoms with van der Waals surface area (Å²) in [5, 5.41) is 11.1. The maximum absolute atomic E-state index is 11.2. The third-order valence-electron chi connectivity index (χ3n) is 2.21. The Morgan fingerprint density at radius 1 is 1.62 bits per heavy atom. The lowest BCUT2D eigenvalue weighted by Gasteiger charge is -2.07. The van der Waals surface area contributed by atoms with E-state index in [2.05, 4.69) is 10.3 Å². The second kappa shape index (κ2) is 6.02. The van der Waals surface area contributed by atoms with Crippen LogP contribution in [0.2, 0.25) is 0 Å². The lowest BCUT2D eigenvalue weighted by Crippen LogP contribution is -2.37. The molecule has 0 saturated carbocycles. The Labute approximate surface area is 93.2 Å². The smallest absolute Gasteiger partial charge is 0.321 e. The second-order valence-corrected chi connectivity index (χ2v) is 3.57. The molecule has 0 aliphatic carbocycles. The van der Waals surface area contributed by atoms with E-state index in [1.54, 1.807) is 12.4 Å². The maximum Gasteiger partial charge on any atom is 0.321 e. The summed E-state index contributed by atoms with van der Waals surface area (Å²) in [6.07, 6.45) is 4.94. The molecule has 4 N–H and O–H groups in total. The van der Waals surface area contributed by atoms with E-state index < -0.39 is 12.0 Å². The van der Waals surface area contributed by atoms with E-state index >= 15 is 0 Å². The van der Waals surface area contributed by atoms with Crippen molar-refractivity contribution >= 4 is 18.1 Å². The van der Waals surface area contributed by atoms with Gasteiger partial charge in [0.15, 0.2) is 0 Å². The summed E-state index contributed by atoms with van der Waals surface area (Å²) in [6, 6.07) is -1.13. The van der Waals surface area contributed by atoms with Crippen molar-refractivity contribution in [1.82, 2.24) is 5.32 Å². The summed E-state index contributed by atoms with van der Waals surface area (Å²) in [5.74, 6) is -1.50. The number of carboxylic acid groups (broad SMARTS) is 1. The van der Waals surface area contributed by atoms with Crippen LogP contribution in [0, 0.1) is 0 Å². The molecule has 0 saturated heterocycles. The second-order valence-electron chi connectivity index (χ2n) is 3.57. The molecule has 1 heterocycles. The fraction of sp³-hybridized carbons (Fsp3) is 0.500. The SMILES string of the molecule is NC(CC(=O)NCCC1=CN=CC1)C(=O)O. The molecule has 1 unspecified atom stereocenters. The summed E-state index contributed by atoms with van der Waals surface area (Å²) in [4.78, 5) is 25.6. The van der Waals surface area contributed by atoms with Crippen molar-refractivity contribution in [3.05, 3.63) is 11.8 Å². The zero-order valence-electron chi connectivity index (χ0n) is 8.85. The topological polar surface area (TPSA) is 105 Å². The molecule has 0 bridgehead atoms. The minimum absolute atomic E-state index is 0.190. The van der Waals surface area contributed by atoms with E-state index in [4.69, 9.17) is 10.8 Å². The van der Waals surface area contributed by atoms with Crippen molar-refractivity contribution in [3.63, 3.8) is 0 Å². The molecular weight excluding hydrogens is 210 g/mol. The Bertz CT molecular complexity index is 336. The highest BCUT2D eigenvalue weighted by Gasteiger charge is 2.15. The highest BCUT2D eigenvalue weighted by molar-refractivity contribution is 5.84. The minimum atomic E-state index is -1.16. The number of amides is 1. The number of aliphatic carboxylic acids is 1. The Kier molecular flexibility index (Phi) is 4.65. The molecule has 16 heavy (non-hydrogen) atoms. The van der Waals surface area contributed by atoms with Crippen LogP contribution in [0.3, 0.4) is 0 Å². The largest absolute Gasteiger partial charge is 0.480 e. The molecule has 1 aliphatic rings. The average molecular weight is 225 g/mol. The standard InChI is InChI=1S/C10H15N3O3/c11-8(10(15)16)5-9(14)13-4-2-7-1-3-12-6-7/h3,6,8H,1-2,4-5,11H2,(H,13,14)(H,15,16). The van der Waals surface area contributed by atoms with Gasteiger partial charge in [-0.15, -0.1) is 0 Å². The molecule has 1 rings (SSSR count). The van der Waals surface area contributed by atoms with Gasteiger partial charge >= 0.3 is 5.97 Å². The number of hydrogen-bond acceptors (Lipinski definition) is 4. The highest BCUT2D eigenvalue weighted by Crippen LogP contribution is 2.09. The first-order valence-electron chi connectivity index (χ1n) is 5.04. The van der Waals surface area contributed by atoms with Crippen LogP contribution in [0.25, 0.3) is 0 Å². The Morgan fingerprint density at radius 2 is 2.38 bits per heavy atom. The van der Waals surface area contributed by atoms with Crippen molar-refractivity contribution in [2.75, 3.05) is 6.54 Å². The Balaban J connectivity index is 2.13. The normalized spacial score (nSPS) is 15.7. The molecule has 0 aromatic heterocycles. The van der Waals surface area contributed by atoms with Crippen molar-refractivity contribution in [2.45, 2.75) is 25.3 Å². The Hall–Kier alpha value is -1.69. The van der Waals surface area contributed by atoms with E-state index in [9.17, 15) is 9.59 Å². The monoisotopic (exact) mass is 225 g/mol. The molecule has 6 nitrogen and oxygen atoms in total. The molecule has 1 aliphatic heterocycles. The van der Waals surface area contributed by atoms with E-state index in [0.29, 0.717) is 6.54 Å². The van der Waals surface area contributed by atoms with Gasteiger partial charge in [-0.05, 0) is 12.0 Å². The minimum Gasteiger partial charge on any atom is -0.480 e. The Morgan fingerprint density at radius 3 is 2.94 bits per heavy atom. The first-order valence-corrected chi connectivity index (χ1v) is 5.04. The van der Waals surface area contributed by atoms with E-state index in [0.717, 1.165) is 18.4 Å². The number of carbonyl (C=O) groups excluding carboxylic acids is 1. The van der Waals surface area contributed by atoms with Gasteiger partial charge in [-0.1, -0.05) is 0 Å². The number of rotatable bonds is 6. The predicted octanol–water partition coefficient (Wildman–Crippen LogP) is -0.347. The first-order chi connectivity index (χ1) is 7.59. The van der Waals surface area contributed by atoms with E-state index in [-0.39, 0.29) is 12.3 Å². The van der Waals surface area contributed by atoms with Gasteiger partial charge in [0, 0.05) is 25.4 Å². The van der Waals surface area contributed by atoms with Crippen molar-refractivity contribution in [3.8, 4) is 0 Å². The number of nitrogens with one attached hydrogen (secondary N) is 1. The molecular formula is C10H15N3O3. The number of nitrogens with zero attached hydrogens (tertiary/aromatic N) is 1. The zero-order chi connectivity index (χ0) is 12.0. The van der Waals surface area contributed by atoms with Crippen molar-refractivity contribution in [1.29, 1.82) is 0 Å². The van der Waals surface area contributed by atoms with Gasteiger partial charge < -0.3 is 16.2 Å². The summed E-state index contributed by atoms with van der Waals surface area (Å²) < 4.78 is 0. The summed E-state index contributed by atoms with van der Waals surface area (Å²) >= 11 is 0. The lowest BCUT2D eigenvalue weighted by atomic mass is 10.1. The molecule has 0 spiro atoms. The van der Waals surface area contributed by atoms with Gasteiger partial charge in [0.25, 0.3) is 0 Å². The van der Waals surface area contributed by atoms with Gasteiger partial charge in [-0.2, -0.15) is 0 Å². The van der Waals surface area contributed by atoms with Crippen LogP contribution >= 0.6 is 0 Å². The third-order valence-corrected chi connectivity index (χ3v) is 2.21. The van der Waals surface area contributed by atoms with Crippen LogP contribution in [-0.2, 0) is 9.59 Å². The van der Waals surface area contributed by atoms with Gasteiger partial charge in [-0.3, -0.25) is 14.6 Å². The molecule has 0 fully saturated rings. The quantitative estimate of drug-likeness (QED) is 0.574. The third kappa shape index (κ3) is 4.22. The molecule has 1 amide bonds. The molecule has 6 heteroatoms. The van der Waals surface area contributed by atoms with Crippen LogP contribution < -0.4 is 11.1 Å². The molecule has 0 aromatic rings.